The number of aromatic nitrogens is 4. The Morgan fingerprint density at radius 1 is 1.00 bits per heavy atom. The maximum atomic E-state index is 14.0. The van der Waals surface area contributed by atoms with E-state index in [2.05, 4.69) is 20.4 Å². The number of pyridine rings is 2. The standard InChI is InChI=1S/C28H23F3N6O2/c29-21-12-19(13-22(30)25(21)31)37-24(18-4-1-7-32-15-18)14-23(35-37)28(39)36-9-5-16(6-10-36)20-11-17-3-2-8-33-26(17)34-27(20)38/h1-4,7-8,12-16,20H,5-6,9-11H2,(H,33,34,38). The lowest BCUT2D eigenvalue weighted by molar-refractivity contribution is -0.122. The fourth-order valence-corrected chi connectivity index (χ4v) is 5.37. The van der Waals surface area contributed by atoms with E-state index in [0.717, 1.165) is 17.7 Å². The molecule has 2 aliphatic rings. The van der Waals surface area contributed by atoms with E-state index in [1.54, 1.807) is 29.4 Å². The molecule has 39 heavy (non-hydrogen) atoms. The largest absolute Gasteiger partial charge is 0.337 e. The summed E-state index contributed by atoms with van der Waals surface area (Å²) in [5, 5.41) is 7.25. The van der Waals surface area contributed by atoms with Crippen molar-refractivity contribution in [1.82, 2.24) is 24.6 Å². The number of carbonyl (C=O) groups excluding carboxylic acids is 2. The number of halogens is 3. The highest BCUT2D eigenvalue weighted by Crippen LogP contribution is 2.34. The molecule has 1 N–H and O–H groups in total. The molecule has 1 aromatic carbocycles. The van der Waals surface area contributed by atoms with Crippen molar-refractivity contribution in [2.75, 3.05) is 18.4 Å². The van der Waals surface area contributed by atoms with Gasteiger partial charge in [0.2, 0.25) is 5.91 Å². The SMILES string of the molecule is O=C1Nc2ncccc2CC1C1CCN(C(=O)c2cc(-c3cccnc3)n(-c3cc(F)c(F)c(F)c3)n2)CC1. The van der Waals surface area contributed by atoms with Gasteiger partial charge in [-0.15, -0.1) is 0 Å². The topological polar surface area (TPSA) is 93.0 Å². The fourth-order valence-electron chi connectivity index (χ4n) is 5.37. The third kappa shape index (κ3) is 4.64. The van der Waals surface area contributed by atoms with Crippen LogP contribution in [0.25, 0.3) is 16.9 Å². The Morgan fingerprint density at radius 2 is 1.74 bits per heavy atom. The summed E-state index contributed by atoms with van der Waals surface area (Å²) in [4.78, 5) is 36.2. The van der Waals surface area contributed by atoms with E-state index in [1.165, 1.54) is 16.9 Å². The summed E-state index contributed by atoms with van der Waals surface area (Å²) < 4.78 is 42.9. The smallest absolute Gasteiger partial charge is 0.274 e. The van der Waals surface area contributed by atoms with Gasteiger partial charge < -0.3 is 10.2 Å². The summed E-state index contributed by atoms with van der Waals surface area (Å²) >= 11 is 0. The van der Waals surface area contributed by atoms with Crippen molar-refractivity contribution < 1.29 is 22.8 Å². The van der Waals surface area contributed by atoms with Crippen molar-refractivity contribution in [3.8, 4) is 16.9 Å². The van der Waals surface area contributed by atoms with Crippen molar-refractivity contribution in [3.05, 3.63) is 89.8 Å². The summed E-state index contributed by atoms with van der Waals surface area (Å²) in [5.41, 5.74) is 1.94. The fraction of sp³-hybridized carbons (Fsp3) is 0.250. The summed E-state index contributed by atoms with van der Waals surface area (Å²) in [6, 6.07) is 10.4. The second-order valence-electron chi connectivity index (χ2n) is 9.73. The molecule has 5 heterocycles. The minimum absolute atomic E-state index is 0.0513. The van der Waals surface area contributed by atoms with Crippen molar-refractivity contribution >= 4 is 17.6 Å². The zero-order valence-electron chi connectivity index (χ0n) is 20.7. The lowest BCUT2D eigenvalue weighted by Gasteiger charge is -2.36. The van der Waals surface area contributed by atoms with Crippen molar-refractivity contribution in [2.45, 2.75) is 19.3 Å². The van der Waals surface area contributed by atoms with Crippen LogP contribution in [0.4, 0.5) is 19.0 Å². The summed E-state index contributed by atoms with van der Waals surface area (Å²) in [7, 11) is 0. The van der Waals surface area contributed by atoms with Gasteiger partial charge >= 0.3 is 0 Å². The van der Waals surface area contributed by atoms with Crippen LogP contribution in [0.3, 0.4) is 0 Å². The highest BCUT2D eigenvalue weighted by atomic mass is 19.2. The molecule has 1 unspecified atom stereocenters. The predicted molar refractivity (Wildman–Crippen MR) is 135 cm³/mol. The van der Waals surface area contributed by atoms with Crippen LogP contribution in [0.2, 0.25) is 0 Å². The Morgan fingerprint density at radius 3 is 2.46 bits per heavy atom. The quantitative estimate of drug-likeness (QED) is 0.393. The van der Waals surface area contributed by atoms with Crippen LogP contribution in [-0.4, -0.2) is 49.6 Å². The molecule has 1 saturated heterocycles. The van der Waals surface area contributed by atoms with Gasteiger partial charge in [0.25, 0.3) is 5.91 Å². The molecule has 2 aliphatic heterocycles. The minimum Gasteiger partial charge on any atom is -0.337 e. The molecule has 3 aromatic heterocycles. The van der Waals surface area contributed by atoms with Crippen LogP contribution in [0.1, 0.15) is 28.9 Å². The van der Waals surface area contributed by atoms with Crippen molar-refractivity contribution in [1.29, 1.82) is 0 Å². The monoisotopic (exact) mass is 532 g/mol. The molecule has 11 heteroatoms. The molecule has 0 radical (unpaired) electrons. The molecule has 6 rings (SSSR count). The third-order valence-corrected chi connectivity index (χ3v) is 7.40. The van der Waals surface area contributed by atoms with Gasteiger partial charge in [0, 0.05) is 55.3 Å². The lowest BCUT2D eigenvalue weighted by atomic mass is 9.78. The van der Waals surface area contributed by atoms with Crippen LogP contribution in [-0.2, 0) is 11.2 Å². The lowest BCUT2D eigenvalue weighted by Crippen LogP contribution is -2.44. The number of carbonyl (C=O) groups is 2. The molecule has 198 valence electrons. The van der Waals surface area contributed by atoms with Gasteiger partial charge in [-0.1, -0.05) is 6.07 Å². The van der Waals surface area contributed by atoms with Gasteiger partial charge in [0.05, 0.1) is 11.4 Å². The first-order valence-electron chi connectivity index (χ1n) is 12.6. The molecule has 0 aliphatic carbocycles. The zero-order valence-corrected chi connectivity index (χ0v) is 20.7. The number of likely N-dealkylation sites (tertiary alicyclic amines) is 1. The summed E-state index contributed by atoms with van der Waals surface area (Å²) in [5.74, 6) is -4.19. The van der Waals surface area contributed by atoms with Crippen LogP contribution >= 0.6 is 0 Å². The number of anilines is 1. The second kappa shape index (κ2) is 9.97. The van der Waals surface area contributed by atoms with Gasteiger partial charge in [0.15, 0.2) is 23.1 Å². The zero-order chi connectivity index (χ0) is 27.1. The molecule has 0 bridgehead atoms. The number of rotatable bonds is 4. The van der Waals surface area contributed by atoms with E-state index >= 15 is 0 Å². The molecule has 8 nitrogen and oxygen atoms in total. The average Bonchev–Trinajstić information content (AvgIpc) is 3.41. The third-order valence-electron chi connectivity index (χ3n) is 7.40. The maximum Gasteiger partial charge on any atom is 0.274 e. The predicted octanol–water partition coefficient (Wildman–Crippen LogP) is 4.41. The number of nitrogens with zero attached hydrogens (tertiary/aromatic N) is 5. The van der Waals surface area contributed by atoms with E-state index in [9.17, 15) is 22.8 Å². The van der Waals surface area contributed by atoms with E-state index in [-0.39, 0.29) is 35.0 Å². The molecule has 2 amide bonds. The molecule has 0 saturated carbocycles. The summed E-state index contributed by atoms with van der Waals surface area (Å²) in [6.07, 6.45) is 6.64. The molecule has 4 aromatic rings. The van der Waals surface area contributed by atoms with E-state index in [4.69, 9.17) is 0 Å². The first-order chi connectivity index (χ1) is 18.9. The Hall–Kier alpha value is -4.54. The van der Waals surface area contributed by atoms with Crippen LogP contribution in [0.15, 0.2) is 61.1 Å². The molecule has 0 spiro atoms. The normalized spacial score (nSPS) is 17.6. The van der Waals surface area contributed by atoms with Crippen LogP contribution < -0.4 is 5.32 Å². The highest BCUT2D eigenvalue weighted by molar-refractivity contribution is 5.95. The number of fused-ring (bicyclic) bond motifs is 1. The van der Waals surface area contributed by atoms with Gasteiger partial charge in [-0.05, 0) is 55.0 Å². The maximum absolute atomic E-state index is 14.0. The number of benzene rings is 1. The minimum atomic E-state index is -1.58. The number of piperidine rings is 1. The second-order valence-corrected chi connectivity index (χ2v) is 9.73. The highest BCUT2D eigenvalue weighted by Gasteiger charge is 2.36. The van der Waals surface area contributed by atoms with E-state index < -0.39 is 17.5 Å². The Labute approximate surface area is 221 Å². The molecular formula is C28H23F3N6O2. The Kier molecular flexibility index (Phi) is 6.34. The van der Waals surface area contributed by atoms with Gasteiger partial charge in [-0.25, -0.2) is 22.8 Å². The number of hydrogen-bond donors (Lipinski definition) is 1. The number of amides is 2. The Bertz CT molecular complexity index is 1540. The van der Waals surface area contributed by atoms with Crippen molar-refractivity contribution in [2.24, 2.45) is 11.8 Å². The first kappa shape index (κ1) is 24.8. The van der Waals surface area contributed by atoms with Gasteiger partial charge in [0.1, 0.15) is 5.82 Å². The molecule has 1 atom stereocenters. The van der Waals surface area contributed by atoms with Crippen LogP contribution in [0.5, 0.6) is 0 Å². The number of nitrogens with one attached hydrogen (secondary N) is 1. The van der Waals surface area contributed by atoms with Crippen LogP contribution in [0, 0.1) is 29.3 Å². The average molecular weight is 533 g/mol. The van der Waals surface area contributed by atoms with Crippen molar-refractivity contribution in [3.63, 3.8) is 0 Å². The summed E-state index contributed by atoms with van der Waals surface area (Å²) in [6.45, 7) is 0.865. The van der Waals surface area contributed by atoms with Gasteiger partial charge in [-0.2, -0.15) is 5.10 Å². The molecular weight excluding hydrogens is 509 g/mol. The van der Waals surface area contributed by atoms with Gasteiger partial charge in [-0.3, -0.25) is 14.6 Å². The molecule has 1 fully saturated rings. The van der Waals surface area contributed by atoms with E-state index in [1.807, 2.05) is 12.1 Å². The number of hydrogen-bond acceptors (Lipinski definition) is 5. The first-order valence-corrected chi connectivity index (χ1v) is 12.6. The Balaban J connectivity index is 1.23. The van der Waals surface area contributed by atoms with E-state index in [0.29, 0.717) is 49.4 Å².